The molecule has 0 aliphatic carbocycles. The fraction of sp³-hybridized carbons (Fsp3) is 0.889. The van der Waals surface area contributed by atoms with Gasteiger partial charge in [-0.25, -0.2) is 4.79 Å². The summed E-state index contributed by atoms with van der Waals surface area (Å²) in [6.07, 6.45) is -3.71. The van der Waals surface area contributed by atoms with Gasteiger partial charge in [0, 0.05) is 14.2 Å². The predicted molar refractivity (Wildman–Crippen MR) is 50.8 cm³/mol. The van der Waals surface area contributed by atoms with Crippen molar-refractivity contribution in [1.29, 1.82) is 0 Å². The third-order valence-electron chi connectivity index (χ3n) is 2.33. The molecule has 1 unspecified atom stereocenters. The average molecular weight is 236 g/mol. The van der Waals surface area contributed by atoms with E-state index >= 15 is 0 Å². The molecule has 0 bridgehead atoms. The molecule has 1 aliphatic rings. The van der Waals surface area contributed by atoms with Crippen molar-refractivity contribution in [2.75, 3.05) is 27.9 Å². The zero-order valence-corrected chi connectivity index (χ0v) is 9.41. The van der Waals surface area contributed by atoms with Gasteiger partial charge in [0.25, 0.3) is 0 Å². The number of ether oxygens (including phenoxy) is 5. The van der Waals surface area contributed by atoms with Gasteiger partial charge in [0.2, 0.25) is 0 Å². The SMILES string of the molecule is COC(=O)OC[C@H]1O[C@H](OC)C(OC)[C@@H]1O. The first-order valence-corrected chi connectivity index (χ1v) is 4.74. The van der Waals surface area contributed by atoms with E-state index in [9.17, 15) is 9.90 Å². The molecule has 1 aliphatic heterocycles. The van der Waals surface area contributed by atoms with Crippen LogP contribution in [-0.4, -0.2) is 63.8 Å². The van der Waals surface area contributed by atoms with E-state index in [-0.39, 0.29) is 6.61 Å². The molecule has 1 rings (SSSR count). The van der Waals surface area contributed by atoms with Gasteiger partial charge in [-0.3, -0.25) is 0 Å². The smallest absolute Gasteiger partial charge is 0.438 e. The Kier molecular flexibility index (Phi) is 4.94. The Balaban J connectivity index is 2.47. The topological polar surface area (TPSA) is 83.5 Å². The summed E-state index contributed by atoms with van der Waals surface area (Å²) in [5.74, 6) is 0. The Morgan fingerprint density at radius 3 is 2.44 bits per heavy atom. The number of carbonyl (C=O) groups excluding carboxylic acids is 1. The fourth-order valence-electron chi connectivity index (χ4n) is 1.49. The summed E-state index contributed by atoms with van der Waals surface area (Å²) in [4.78, 5) is 10.7. The number of hydrogen-bond donors (Lipinski definition) is 1. The number of rotatable bonds is 4. The molecule has 1 saturated heterocycles. The lowest BCUT2D eigenvalue weighted by molar-refractivity contribution is -0.160. The van der Waals surface area contributed by atoms with Crippen LogP contribution >= 0.6 is 0 Å². The summed E-state index contributed by atoms with van der Waals surface area (Å²) in [5.41, 5.74) is 0. The molecule has 0 aromatic carbocycles. The molecule has 0 radical (unpaired) electrons. The van der Waals surface area contributed by atoms with E-state index in [0.29, 0.717) is 0 Å². The summed E-state index contributed by atoms with van der Waals surface area (Å²) >= 11 is 0. The molecule has 0 saturated carbocycles. The summed E-state index contributed by atoms with van der Waals surface area (Å²) in [6.45, 7) is -0.117. The summed E-state index contributed by atoms with van der Waals surface area (Å²) in [6, 6.07) is 0. The van der Waals surface area contributed by atoms with Crippen LogP contribution in [0.25, 0.3) is 0 Å². The largest absolute Gasteiger partial charge is 0.508 e. The van der Waals surface area contributed by atoms with Crippen LogP contribution in [0.15, 0.2) is 0 Å². The van der Waals surface area contributed by atoms with E-state index in [2.05, 4.69) is 9.47 Å². The molecular formula is C9H16O7. The maximum Gasteiger partial charge on any atom is 0.508 e. The average Bonchev–Trinajstić information content (AvgIpc) is 2.62. The van der Waals surface area contributed by atoms with Crippen molar-refractivity contribution in [3.63, 3.8) is 0 Å². The van der Waals surface area contributed by atoms with Gasteiger partial charge < -0.3 is 28.8 Å². The van der Waals surface area contributed by atoms with Gasteiger partial charge >= 0.3 is 6.16 Å². The standard InChI is InChI=1S/C9H16O7/c1-12-7-6(10)5(16-8(7)13-2)4-15-9(11)14-3/h5-8,10H,4H2,1-3H3/t5-,6-,7?,8+/m1/s1. The second kappa shape index (κ2) is 6.00. The van der Waals surface area contributed by atoms with Crippen LogP contribution in [0, 0.1) is 0 Å². The van der Waals surface area contributed by atoms with Crippen LogP contribution in [0.1, 0.15) is 0 Å². The zero-order chi connectivity index (χ0) is 12.1. The lowest BCUT2D eigenvalue weighted by Crippen LogP contribution is -2.36. The minimum atomic E-state index is -0.917. The van der Waals surface area contributed by atoms with Gasteiger partial charge in [0.05, 0.1) is 7.11 Å². The van der Waals surface area contributed by atoms with Crippen molar-refractivity contribution in [3.05, 3.63) is 0 Å². The van der Waals surface area contributed by atoms with Gasteiger partial charge in [-0.2, -0.15) is 0 Å². The van der Waals surface area contributed by atoms with Crippen molar-refractivity contribution >= 4 is 6.16 Å². The highest BCUT2D eigenvalue weighted by Crippen LogP contribution is 2.24. The number of hydrogen-bond acceptors (Lipinski definition) is 7. The van der Waals surface area contributed by atoms with E-state index in [1.807, 2.05) is 0 Å². The third-order valence-corrected chi connectivity index (χ3v) is 2.33. The minimum Gasteiger partial charge on any atom is -0.438 e. The number of carbonyl (C=O) groups is 1. The van der Waals surface area contributed by atoms with Crippen LogP contribution < -0.4 is 0 Å². The first kappa shape index (κ1) is 13.2. The first-order chi connectivity index (χ1) is 7.63. The lowest BCUT2D eigenvalue weighted by Gasteiger charge is -2.16. The van der Waals surface area contributed by atoms with Gasteiger partial charge in [0.15, 0.2) is 6.29 Å². The maximum absolute atomic E-state index is 10.7. The van der Waals surface area contributed by atoms with E-state index in [1.165, 1.54) is 21.3 Å². The minimum absolute atomic E-state index is 0.117. The molecule has 16 heavy (non-hydrogen) atoms. The summed E-state index contributed by atoms with van der Waals surface area (Å²) in [5, 5.41) is 9.77. The Labute approximate surface area is 93.2 Å². The number of methoxy groups -OCH3 is 3. The van der Waals surface area contributed by atoms with E-state index in [1.54, 1.807) is 0 Å². The third kappa shape index (κ3) is 2.82. The fourth-order valence-corrected chi connectivity index (χ4v) is 1.49. The monoisotopic (exact) mass is 236 g/mol. The Bertz CT molecular complexity index is 232. The van der Waals surface area contributed by atoms with E-state index < -0.39 is 30.8 Å². The Hall–Kier alpha value is -0.890. The van der Waals surface area contributed by atoms with Gasteiger partial charge in [-0.1, -0.05) is 0 Å². The molecule has 7 nitrogen and oxygen atoms in total. The molecule has 4 atom stereocenters. The van der Waals surface area contributed by atoms with Crippen molar-refractivity contribution in [3.8, 4) is 0 Å². The van der Waals surface area contributed by atoms with Gasteiger partial charge in [0.1, 0.15) is 24.9 Å². The van der Waals surface area contributed by atoms with Crippen LogP contribution in [0.2, 0.25) is 0 Å². The van der Waals surface area contributed by atoms with Crippen LogP contribution in [0.4, 0.5) is 4.79 Å². The van der Waals surface area contributed by atoms with Crippen molar-refractivity contribution < 1.29 is 33.6 Å². The number of aliphatic hydroxyl groups excluding tert-OH is 1. The molecule has 0 amide bonds. The zero-order valence-electron chi connectivity index (χ0n) is 9.41. The molecular weight excluding hydrogens is 220 g/mol. The second-order valence-corrected chi connectivity index (χ2v) is 3.23. The van der Waals surface area contributed by atoms with Crippen LogP contribution in [0.3, 0.4) is 0 Å². The highest BCUT2D eigenvalue weighted by atomic mass is 16.7. The van der Waals surface area contributed by atoms with E-state index in [0.717, 1.165) is 0 Å². The maximum atomic E-state index is 10.7. The van der Waals surface area contributed by atoms with E-state index in [4.69, 9.17) is 14.2 Å². The van der Waals surface area contributed by atoms with Gasteiger partial charge in [-0.15, -0.1) is 0 Å². The molecule has 1 fully saturated rings. The molecule has 0 aromatic heterocycles. The van der Waals surface area contributed by atoms with Gasteiger partial charge in [-0.05, 0) is 0 Å². The predicted octanol–water partition coefficient (Wildman–Crippen LogP) is -0.483. The quantitative estimate of drug-likeness (QED) is 0.660. The summed E-state index contributed by atoms with van der Waals surface area (Å²) in [7, 11) is 4.07. The molecule has 94 valence electrons. The molecule has 0 aromatic rings. The Morgan fingerprint density at radius 2 is 2.00 bits per heavy atom. The second-order valence-electron chi connectivity index (χ2n) is 3.23. The van der Waals surface area contributed by atoms with Crippen LogP contribution in [0.5, 0.6) is 0 Å². The number of aliphatic hydroxyl groups is 1. The van der Waals surface area contributed by atoms with Crippen molar-refractivity contribution in [2.45, 2.75) is 24.6 Å². The van der Waals surface area contributed by atoms with Crippen molar-refractivity contribution in [2.24, 2.45) is 0 Å². The highest BCUT2D eigenvalue weighted by Gasteiger charge is 2.44. The lowest BCUT2D eigenvalue weighted by atomic mass is 10.1. The molecule has 1 heterocycles. The normalized spacial score (nSPS) is 33.8. The Morgan fingerprint density at radius 1 is 1.31 bits per heavy atom. The van der Waals surface area contributed by atoms with Crippen LogP contribution in [-0.2, 0) is 23.7 Å². The molecule has 1 N–H and O–H groups in total. The van der Waals surface area contributed by atoms with Crippen molar-refractivity contribution in [1.82, 2.24) is 0 Å². The summed E-state index contributed by atoms with van der Waals surface area (Å²) < 4.78 is 24.2. The first-order valence-electron chi connectivity index (χ1n) is 4.74. The molecule has 0 spiro atoms. The highest BCUT2D eigenvalue weighted by molar-refractivity contribution is 5.59. The molecule has 7 heteroatoms.